The number of nitrogens with zero attached hydrogens (tertiary/aromatic N) is 6. The SMILES string of the molecule is CCn1nnc2cc(C(=O)NC(CCSC)c3nnc4ccccn34)ccc21. The van der Waals surface area contributed by atoms with Crippen molar-refractivity contribution in [2.24, 2.45) is 0 Å². The van der Waals surface area contributed by atoms with Crippen LogP contribution in [0.25, 0.3) is 16.7 Å². The molecule has 0 fully saturated rings. The summed E-state index contributed by atoms with van der Waals surface area (Å²) < 4.78 is 3.72. The number of carbonyl (C=O) groups excluding carboxylic acids is 1. The summed E-state index contributed by atoms with van der Waals surface area (Å²) in [6, 6.07) is 11.0. The predicted molar refractivity (Wildman–Crippen MR) is 109 cm³/mol. The second-order valence-electron chi connectivity index (χ2n) is 6.40. The summed E-state index contributed by atoms with van der Waals surface area (Å²) >= 11 is 1.73. The Kier molecular flexibility index (Phi) is 5.25. The van der Waals surface area contributed by atoms with Crippen LogP contribution in [0.4, 0.5) is 0 Å². The Balaban J connectivity index is 1.62. The topological polar surface area (TPSA) is 90.0 Å². The van der Waals surface area contributed by atoms with Crippen molar-refractivity contribution in [1.82, 2.24) is 34.9 Å². The monoisotopic (exact) mass is 395 g/mol. The van der Waals surface area contributed by atoms with Gasteiger partial charge in [0, 0.05) is 18.3 Å². The van der Waals surface area contributed by atoms with E-state index in [2.05, 4.69) is 25.8 Å². The van der Waals surface area contributed by atoms with Crippen LogP contribution in [0.2, 0.25) is 0 Å². The van der Waals surface area contributed by atoms with E-state index < -0.39 is 0 Å². The molecule has 1 N–H and O–H groups in total. The van der Waals surface area contributed by atoms with Crippen molar-refractivity contribution < 1.29 is 4.79 Å². The van der Waals surface area contributed by atoms with Gasteiger partial charge in [-0.1, -0.05) is 11.3 Å². The van der Waals surface area contributed by atoms with Crippen molar-refractivity contribution in [2.45, 2.75) is 25.9 Å². The van der Waals surface area contributed by atoms with E-state index >= 15 is 0 Å². The number of amides is 1. The van der Waals surface area contributed by atoms with E-state index in [0.29, 0.717) is 11.1 Å². The predicted octanol–water partition coefficient (Wildman–Crippen LogP) is 2.72. The molecule has 9 heteroatoms. The Morgan fingerprint density at radius 1 is 1.21 bits per heavy atom. The van der Waals surface area contributed by atoms with E-state index in [9.17, 15) is 4.79 Å². The zero-order chi connectivity index (χ0) is 19.5. The summed E-state index contributed by atoms with van der Waals surface area (Å²) in [4.78, 5) is 12.9. The summed E-state index contributed by atoms with van der Waals surface area (Å²) in [5.41, 5.74) is 2.95. The van der Waals surface area contributed by atoms with E-state index in [4.69, 9.17) is 0 Å². The average Bonchev–Trinajstić information content (AvgIpc) is 3.34. The first kappa shape index (κ1) is 18.4. The van der Waals surface area contributed by atoms with Crippen molar-refractivity contribution in [1.29, 1.82) is 0 Å². The third-order valence-corrected chi connectivity index (χ3v) is 5.29. The lowest BCUT2D eigenvalue weighted by molar-refractivity contribution is 0.0934. The minimum Gasteiger partial charge on any atom is -0.342 e. The van der Waals surface area contributed by atoms with Crippen LogP contribution in [-0.2, 0) is 6.54 Å². The lowest BCUT2D eigenvalue weighted by atomic mass is 10.1. The van der Waals surface area contributed by atoms with E-state index in [1.165, 1.54) is 0 Å². The van der Waals surface area contributed by atoms with E-state index in [0.717, 1.165) is 35.7 Å². The van der Waals surface area contributed by atoms with Gasteiger partial charge >= 0.3 is 0 Å². The van der Waals surface area contributed by atoms with Crippen LogP contribution in [0, 0.1) is 0 Å². The normalized spacial score (nSPS) is 12.5. The number of pyridine rings is 1. The Bertz CT molecular complexity index is 1120. The number of benzene rings is 1. The van der Waals surface area contributed by atoms with Gasteiger partial charge in [0.1, 0.15) is 5.52 Å². The fourth-order valence-corrected chi connectivity index (χ4v) is 3.66. The largest absolute Gasteiger partial charge is 0.342 e. The maximum absolute atomic E-state index is 12.9. The summed E-state index contributed by atoms with van der Waals surface area (Å²) in [7, 11) is 0. The average molecular weight is 395 g/mol. The Morgan fingerprint density at radius 2 is 2.11 bits per heavy atom. The van der Waals surface area contributed by atoms with Crippen molar-refractivity contribution in [3.05, 3.63) is 54.0 Å². The molecule has 3 heterocycles. The zero-order valence-electron chi connectivity index (χ0n) is 15.7. The number of hydrogen-bond acceptors (Lipinski definition) is 6. The quantitative estimate of drug-likeness (QED) is 0.517. The molecule has 0 aliphatic heterocycles. The first-order valence-electron chi connectivity index (χ1n) is 9.14. The molecule has 3 aromatic heterocycles. The van der Waals surface area contributed by atoms with Gasteiger partial charge in [0.15, 0.2) is 11.5 Å². The van der Waals surface area contributed by atoms with Gasteiger partial charge < -0.3 is 5.32 Å². The third-order valence-electron chi connectivity index (χ3n) is 4.64. The smallest absolute Gasteiger partial charge is 0.251 e. The molecule has 0 saturated carbocycles. The molecule has 0 aliphatic carbocycles. The van der Waals surface area contributed by atoms with Gasteiger partial charge in [-0.3, -0.25) is 9.20 Å². The Hall–Kier alpha value is -2.94. The minimum absolute atomic E-state index is 0.160. The summed E-state index contributed by atoms with van der Waals surface area (Å²) in [5.74, 6) is 1.47. The fourth-order valence-electron chi connectivity index (χ4n) is 3.19. The summed E-state index contributed by atoms with van der Waals surface area (Å²) in [6.07, 6.45) is 4.72. The highest BCUT2D eigenvalue weighted by molar-refractivity contribution is 7.98. The summed E-state index contributed by atoms with van der Waals surface area (Å²) in [6.45, 7) is 2.74. The molecular formula is C19H21N7OS. The number of aryl methyl sites for hydroxylation is 1. The lowest BCUT2D eigenvalue weighted by Gasteiger charge is -2.17. The molecule has 0 bridgehead atoms. The van der Waals surface area contributed by atoms with Gasteiger partial charge in [0.2, 0.25) is 0 Å². The minimum atomic E-state index is -0.237. The van der Waals surface area contributed by atoms with Gasteiger partial charge in [-0.2, -0.15) is 11.8 Å². The maximum Gasteiger partial charge on any atom is 0.251 e. The van der Waals surface area contributed by atoms with Gasteiger partial charge in [-0.15, -0.1) is 15.3 Å². The van der Waals surface area contributed by atoms with E-state index in [1.54, 1.807) is 28.6 Å². The van der Waals surface area contributed by atoms with Crippen LogP contribution in [0.3, 0.4) is 0 Å². The number of rotatable bonds is 7. The molecule has 1 amide bonds. The molecule has 4 aromatic rings. The molecule has 0 radical (unpaired) electrons. The molecule has 1 aromatic carbocycles. The fraction of sp³-hybridized carbons (Fsp3) is 0.316. The van der Waals surface area contributed by atoms with Crippen LogP contribution >= 0.6 is 11.8 Å². The number of aromatic nitrogens is 6. The first-order chi connectivity index (χ1) is 13.7. The molecule has 0 spiro atoms. The first-order valence-corrected chi connectivity index (χ1v) is 10.5. The molecule has 1 atom stereocenters. The maximum atomic E-state index is 12.9. The Labute approximate surface area is 166 Å². The second-order valence-corrected chi connectivity index (χ2v) is 7.39. The highest BCUT2D eigenvalue weighted by Crippen LogP contribution is 2.20. The van der Waals surface area contributed by atoms with Crippen LogP contribution in [0.1, 0.15) is 35.6 Å². The zero-order valence-corrected chi connectivity index (χ0v) is 16.6. The van der Waals surface area contributed by atoms with Crippen molar-refractivity contribution in [3.63, 3.8) is 0 Å². The van der Waals surface area contributed by atoms with Gasteiger partial charge in [0.05, 0.1) is 11.6 Å². The highest BCUT2D eigenvalue weighted by atomic mass is 32.2. The Morgan fingerprint density at radius 3 is 2.93 bits per heavy atom. The molecule has 1 unspecified atom stereocenters. The second kappa shape index (κ2) is 7.97. The lowest BCUT2D eigenvalue weighted by Crippen LogP contribution is -2.30. The summed E-state index contributed by atoms with van der Waals surface area (Å²) in [5, 5.41) is 19.9. The van der Waals surface area contributed by atoms with Gasteiger partial charge in [0.25, 0.3) is 5.91 Å². The van der Waals surface area contributed by atoms with Crippen LogP contribution < -0.4 is 5.32 Å². The van der Waals surface area contributed by atoms with Gasteiger partial charge in [-0.05, 0) is 55.7 Å². The van der Waals surface area contributed by atoms with Crippen molar-refractivity contribution >= 4 is 34.3 Å². The third kappa shape index (κ3) is 3.45. The molecule has 144 valence electrons. The van der Waals surface area contributed by atoms with E-state index in [-0.39, 0.29) is 11.9 Å². The highest BCUT2D eigenvalue weighted by Gasteiger charge is 2.21. The molecule has 8 nitrogen and oxygen atoms in total. The van der Waals surface area contributed by atoms with Gasteiger partial charge in [-0.25, -0.2) is 4.68 Å². The number of carbonyl (C=O) groups is 1. The number of nitrogens with one attached hydrogen (secondary N) is 1. The number of thioether (sulfide) groups is 1. The van der Waals surface area contributed by atoms with Crippen molar-refractivity contribution in [3.8, 4) is 0 Å². The number of hydrogen-bond donors (Lipinski definition) is 1. The molecule has 0 aliphatic rings. The van der Waals surface area contributed by atoms with E-state index in [1.807, 2.05) is 48.0 Å². The molecule has 0 saturated heterocycles. The molecule has 4 rings (SSSR count). The number of fused-ring (bicyclic) bond motifs is 2. The molecule has 28 heavy (non-hydrogen) atoms. The van der Waals surface area contributed by atoms with Crippen LogP contribution in [0.15, 0.2) is 42.6 Å². The van der Waals surface area contributed by atoms with Crippen LogP contribution in [-0.4, -0.2) is 47.5 Å². The van der Waals surface area contributed by atoms with Crippen molar-refractivity contribution in [2.75, 3.05) is 12.0 Å². The molecular weight excluding hydrogens is 374 g/mol. The standard InChI is InChI=1S/C19H21N7OS/c1-3-26-16-8-7-13(12-15(16)21-24-26)19(27)20-14(9-11-28-2)18-23-22-17-6-4-5-10-25(17)18/h4-8,10,12,14H,3,9,11H2,1-2H3,(H,20,27). The van der Waals surface area contributed by atoms with Crippen LogP contribution in [0.5, 0.6) is 0 Å².